The summed E-state index contributed by atoms with van der Waals surface area (Å²) in [6.07, 6.45) is -1.31. The van der Waals surface area contributed by atoms with Crippen LogP contribution in [0, 0.1) is 11.6 Å². The smallest absolute Gasteiger partial charge is 0.353 e. The molecule has 0 aromatic heterocycles. The Bertz CT molecular complexity index is 476. The minimum atomic E-state index is -4.12. The second-order valence-corrected chi connectivity index (χ2v) is 4.91. The Kier molecular flexibility index (Phi) is 5.08. The largest absolute Gasteiger partial charge is 0.374 e. The van der Waals surface area contributed by atoms with E-state index >= 15 is 0 Å². The summed E-state index contributed by atoms with van der Waals surface area (Å²) in [5.41, 5.74) is -1.53. The molecule has 1 fully saturated rings. The lowest BCUT2D eigenvalue weighted by molar-refractivity contribution is -0.229. The standard InChI is InChI=1S/C13H13ClF4O3/c1-2-19-8-5-20-12(21-6-8)7-3-9(15)11(10(16)4-7)13(14,17)18/h3-4,8,12H,2,5-6H2,1H3. The SMILES string of the molecule is CCOC1COC(c2cc(F)c(C(F)(F)Cl)c(F)c2)OC1. The van der Waals surface area contributed by atoms with Crippen molar-refractivity contribution in [2.24, 2.45) is 0 Å². The van der Waals surface area contributed by atoms with Crippen LogP contribution in [0.5, 0.6) is 0 Å². The van der Waals surface area contributed by atoms with Gasteiger partial charge in [-0.05, 0) is 30.7 Å². The molecule has 0 aliphatic carbocycles. The zero-order valence-electron chi connectivity index (χ0n) is 11.0. The summed E-state index contributed by atoms with van der Waals surface area (Å²) in [4.78, 5) is 0. The summed E-state index contributed by atoms with van der Waals surface area (Å²) < 4.78 is 68.8. The van der Waals surface area contributed by atoms with E-state index in [9.17, 15) is 17.6 Å². The van der Waals surface area contributed by atoms with Crippen LogP contribution < -0.4 is 0 Å². The Morgan fingerprint density at radius 1 is 1.24 bits per heavy atom. The van der Waals surface area contributed by atoms with Gasteiger partial charge in [-0.15, -0.1) is 0 Å². The molecule has 8 heteroatoms. The van der Waals surface area contributed by atoms with Crippen LogP contribution in [0.3, 0.4) is 0 Å². The Morgan fingerprint density at radius 2 is 1.76 bits per heavy atom. The highest BCUT2D eigenvalue weighted by Gasteiger charge is 2.36. The van der Waals surface area contributed by atoms with E-state index in [1.54, 1.807) is 0 Å². The van der Waals surface area contributed by atoms with Crippen LogP contribution in [-0.2, 0) is 19.6 Å². The van der Waals surface area contributed by atoms with Crippen molar-refractivity contribution in [2.45, 2.75) is 24.7 Å². The number of ether oxygens (including phenoxy) is 3. The number of halogens is 5. The number of benzene rings is 1. The zero-order chi connectivity index (χ0) is 15.6. The number of hydrogen-bond donors (Lipinski definition) is 0. The van der Waals surface area contributed by atoms with Gasteiger partial charge in [-0.1, -0.05) is 0 Å². The molecular weight excluding hydrogens is 316 g/mol. The monoisotopic (exact) mass is 328 g/mol. The van der Waals surface area contributed by atoms with Crippen LogP contribution in [0.1, 0.15) is 24.3 Å². The summed E-state index contributed by atoms with van der Waals surface area (Å²) in [6.45, 7) is 2.64. The van der Waals surface area contributed by atoms with Crippen LogP contribution in [-0.4, -0.2) is 25.9 Å². The van der Waals surface area contributed by atoms with E-state index in [0.29, 0.717) is 6.61 Å². The molecule has 1 aliphatic rings. The van der Waals surface area contributed by atoms with Crippen molar-refractivity contribution in [3.8, 4) is 0 Å². The molecule has 0 amide bonds. The van der Waals surface area contributed by atoms with Crippen LogP contribution in [0.2, 0.25) is 0 Å². The average molecular weight is 329 g/mol. The quantitative estimate of drug-likeness (QED) is 0.623. The first-order chi connectivity index (χ1) is 9.82. The molecule has 1 aromatic rings. The van der Waals surface area contributed by atoms with Gasteiger partial charge in [0.2, 0.25) is 0 Å². The molecule has 2 rings (SSSR count). The maximum absolute atomic E-state index is 13.6. The van der Waals surface area contributed by atoms with Gasteiger partial charge in [0.1, 0.15) is 23.3 Å². The van der Waals surface area contributed by atoms with Crippen LogP contribution in [0.15, 0.2) is 12.1 Å². The summed E-state index contributed by atoms with van der Waals surface area (Å²) in [5.74, 6) is -2.91. The molecule has 0 spiro atoms. The van der Waals surface area contributed by atoms with Gasteiger partial charge in [-0.3, -0.25) is 0 Å². The van der Waals surface area contributed by atoms with Gasteiger partial charge in [0.05, 0.1) is 13.2 Å². The van der Waals surface area contributed by atoms with Gasteiger partial charge in [-0.2, -0.15) is 8.78 Å². The molecule has 21 heavy (non-hydrogen) atoms. The van der Waals surface area contributed by atoms with E-state index in [0.717, 1.165) is 12.1 Å². The van der Waals surface area contributed by atoms with E-state index in [1.165, 1.54) is 0 Å². The van der Waals surface area contributed by atoms with E-state index in [-0.39, 0.29) is 24.9 Å². The maximum atomic E-state index is 13.6. The van der Waals surface area contributed by atoms with E-state index < -0.39 is 28.9 Å². The third-order valence-electron chi connectivity index (χ3n) is 2.89. The lowest BCUT2D eigenvalue weighted by atomic mass is 10.1. The van der Waals surface area contributed by atoms with Gasteiger partial charge in [0.25, 0.3) is 0 Å². The molecule has 0 saturated carbocycles. The minimum absolute atomic E-state index is 0.0374. The number of alkyl halides is 3. The Balaban J connectivity index is 2.16. The molecule has 118 valence electrons. The second-order valence-electron chi connectivity index (χ2n) is 4.43. The van der Waals surface area contributed by atoms with Crippen molar-refractivity contribution in [1.82, 2.24) is 0 Å². The fourth-order valence-corrected chi connectivity index (χ4v) is 2.19. The summed E-state index contributed by atoms with van der Waals surface area (Å²) in [5, 5.41) is -4.12. The second kappa shape index (κ2) is 6.48. The van der Waals surface area contributed by atoms with Crippen molar-refractivity contribution >= 4 is 11.6 Å². The predicted molar refractivity (Wildman–Crippen MR) is 66.2 cm³/mol. The third kappa shape index (κ3) is 3.85. The van der Waals surface area contributed by atoms with Crippen molar-refractivity contribution in [3.05, 3.63) is 34.9 Å². The van der Waals surface area contributed by atoms with Crippen molar-refractivity contribution in [2.75, 3.05) is 19.8 Å². The first kappa shape index (κ1) is 16.5. The van der Waals surface area contributed by atoms with Crippen molar-refractivity contribution < 1.29 is 31.8 Å². The van der Waals surface area contributed by atoms with Gasteiger partial charge < -0.3 is 14.2 Å². The molecular formula is C13H13ClF4O3. The van der Waals surface area contributed by atoms with Crippen LogP contribution in [0.25, 0.3) is 0 Å². The van der Waals surface area contributed by atoms with E-state index in [1.807, 2.05) is 6.92 Å². The summed E-state index contributed by atoms with van der Waals surface area (Å²) >= 11 is 4.67. The molecule has 1 saturated heterocycles. The fraction of sp³-hybridized carbons (Fsp3) is 0.538. The fourth-order valence-electron chi connectivity index (χ4n) is 2.01. The van der Waals surface area contributed by atoms with E-state index in [2.05, 4.69) is 11.6 Å². The Labute approximate surface area is 123 Å². The zero-order valence-corrected chi connectivity index (χ0v) is 11.8. The Morgan fingerprint density at radius 3 is 2.19 bits per heavy atom. The highest BCUT2D eigenvalue weighted by atomic mass is 35.5. The average Bonchev–Trinajstić information content (AvgIpc) is 2.37. The molecule has 0 bridgehead atoms. The molecule has 0 N–H and O–H groups in total. The normalized spacial score (nSPS) is 23.3. The summed E-state index contributed by atoms with van der Waals surface area (Å²) in [6, 6.07) is 1.45. The molecule has 0 atom stereocenters. The van der Waals surface area contributed by atoms with Crippen molar-refractivity contribution in [3.63, 3.8) is 0 Å². The highest BCUT2D eigenvalue weighted by molar-refractivity contribution is 6.21. The third-order valence-corrected chi connectivity index (χ3v) is 3.08. The van der Waals surface area contributed by atoms with Crippen LogP contribution >= 0.6 is 11.6 Å². The molecule has 3 nitrogen and oxygen atoms in total. The lowest BCUT2D eigenvalue weighted by Crippen LogP contribution is -2.33. The van der Waals surface area contributed by atoms with Crippen molar-refractivity contribution in [1.29, 1.82) is 0 Å². The van der Waals surface area contributed by atoms with Gasteiger partial charge in [0, 0.05) is 12.2 Å². The number of hydrogen-bond acceptors (Lipinski definition) is 3. The number of rotatable bonds is 4. The first-order valence-electron chi connectivity index (χ1n) is 6.24. The first-order valence-corrected chi connectivity index (χ1v) is 6.61. The highest BCUT2D eigenvalue weighted by Crippen LogP contribution is 2.37. The lowest BCUT2D eigenvalue weighted by Gasteiger charge is -2.29. The van der Waals surface area contributed by atoms with Gasteiger partial charge in [-0.25, -0.2) is 8.78 Å². The van der Waals surface area contributed by atoms with Crippen LogP contribution in [0.4, 0.5) is 17.6 Å². The molecule has 0 radical (unpaired) electrons. The Hall–Kier alpha value is -0.890. The summed E-state index contributed by atoms with van der Waals surface area (Å²) in [7, 11) is 0. The molecule has 1 aromatic carbocycles. The maximum Gasteiger partial charge on any atom is 0.353 e. The topological polar surface area (TPSA) is 27.7 Å². The van der Waals surface area contributed by atoms with E-state index in [4.69, 9.17) is 14.2 Å². The predicted octanol–water partition coefficient (Wildman–Crippen LogP) is 3.70. The van der Waals surface area contributed by atoms with Gasteiger partial charge >= 0.3 is 5.38 Å². The molecule has 0 unspecified atom stereocenters. The molecule has 1 aliphatic heterocycles. The minimum Gasteiger partial charge on any atom is -0.374 e. The van der Waals surface area contributed by atoms with Gasteiger partial charge in [0.15, 0.2) is 6.29 Å². The molecule has 1 heterocycles.